The second-order valence-electron chi connectivity index (χ2n) is 6.90. The molecule has 0 saturated carbocycles. The van der Waals surface area contributed by atoms with Crippen LogP contribution in [0.5, 0.6) is 0 Å². The van der Waals surface area contributed by atoms with Crippen molar-refractivity contribution in [3.63, 3.8) is 0 Å². The smallest absolute Gasteiger partial charge is 0.178 e. The average molecular weight is 396 g/mol. The largest absolute Gasteiger partial charge is 0.343 e. The van der Waals surface area contributed by atoms with Gasteiger partial charge in [-0.15, -0.1) is 0 Å². The summed E-state index contributed by atoms with van der Waals surface area (Å²) in [7, 11) is -2.98. The molecular weight excluding hydrogens is 376 g/mol. The fourth-order valence-corrected chi connectivity index (χ4v) is 3.88. The first-order chi connectivity index (χ1) is 13.4. The summed E-state index contributed by atoms with van der Waals surface area (Å²) in [5.74, 6) is 0.959. The fourth-order valence-electron chi connectivity index (χ4n) is 3.10. The number of nitrogens with one attached hydrogen (secondary N) is 1. The third-order valence-electron chi connectivity index (χ3n) is 4.72. The zero-order chi connectivity index (χ0) is 19.7. The first kappa shape index (κ1) is 18.3. The molecular formula is C19H20N6O2S. The van der Waals surface area contributed by atoms with E-state index in [1.165, 1.54) is 6.26 Å². The first-order valence-corrected chi connectivity index (χ1v) is 10.9. The Kier molecular flexibility index (Phi) is 4.68. The first-order valence-electron chi connectivity index (χ1n) is 8.88. The Bertz CT molecular complexity index is 1230. The number of rotatable bonds is 6. The molecule has 0 aromatic carbocycles. The van der Waals surface area contributed by atoms with Gasteiger partial charge in [-0.3, -0.25) is 0 Å². The number of hydrogen-bond donors (Lipinski definition) is 1. The number of imidazole rings is 1. The van der Waals surface area contributed by atoms with E-state index in [2.05, 4.69) is 25.0 Å². The molecule has 4 aromatic heterocycles. The van der Waals surface area contributed by atoms with Gasteiger partial charge in [0, 0.05) is 36.0 Å². The molecule has 4 heterocycles. The van der Waals surface area contributed by atoms with Crippen LogP contribution in [-0.2, 0) is 9.84 Å². The van der Waals surface area contributed by atoms with Gasteiger partial charge < -0.3 is 4.98 Å². The molecule has 0 amide bonds. The van der Waals surface area contributed by atoms with E-state index in [0.29, 0.717) is 17.9 Å². The summed E-state index contributed by atoms with van der Waals surface area (Å²) < 4.78 is 24.6. The summed E-state index contributed by atoms with van der Waals surface area (Å²) in [5, 5.41) is 4.44. The van der Waals surface area contributed by atoms with Gasteiger partial charge in [-0.2, -0.15) is 5.10 Å². The summed E-state index contributed by atoms with van der Waals surface area (Å²) in [6.45, 7) is 2.02. The molecule has 4 aromatic rings. The van der Waals surface area contributed by atoms with Crippen molar-refractivity contribution in [2.75, 3.05) is 12.0 Å². The van der Waals surface area contributed by atoms with E-state index in [0.717, 1.165) is 22.2 Å². The van der Waals surface area contributed by atoms with Crippen LogP contribution >= 0.6 is 0 Å². The van der Waals surface area contributed by atoms with Crippen LogP contribution in [0.1, 0.15) is 24.8 Å². The van der Waals surface area contributed by atoms with Crippen LogP contribution in [-0.4, -0.2) is 50.1 Å². The molecule has 1 unspecified atom stereocenters. The lowest BCUT2D eigenvalue weighted by Crippen LogP contribution is -2.07. The molecule has 144 valence electrons. The Balaban J connectivity index is 1.62. The maximum Gasteiger partial charge on any atom is 0.178 e. The van der Waals surface area contributed by atoms with Gasteiger partial charge in [-0.05, 0) is 36.1 Å². The van der Waals surface area contributed by atoms with Gasteiger partial charge in [0.05, 0.1) is 23.8 Å². The van der Waals surface area contributed by atoms with E-state index in [1.807, 2.05) is 31.3 Å². The van der Waals surface area contributed by atoms with Crippen molar-refractivity contribution < 1.29 is 8.42 Å². The molecule has 0 aliphatic heterocycles. The van der Waals surface area contributed by atoms with Crippen molar-refractivity contribution in [3.8, 4) is 16.9 Å². The summed E-state index contributed by atoms with van der Waals surface area (Å²) >= 11 is 0. The molecule has 28 heavy (non-hydrogen) atoms. The minimum Gasteiger partial charge on any atom is -0.343 e. The minimum absolute atomic E-state index is 0.108. The molecule has 1 N–H and O–H groups in total. The number of fused-ring (bicyclic) bond motifs is 1. The predicted octanol–water partition coefficient (Wildman–Crippen LogP) is 2.74. The molecule has 0 fully saturated rings. The van der Waals surface area contributed by atoms with Gasteiger partial charge >= 0.3 is 0 Å². The molecule has 8 nitrogen and oxygen atoms in total. The Morgan fingerprint density at radius 1 is 1.18 bits per heavy atom. The number of sulfone groups is 1. The van der Waals surface area contributed by atoms with Gasteiger partial charge in [-0.25, -0.2) is 28.1 Å². The van der Waals surface area contributed by atoms with Gasteiger partial charge in [0.2, 0.25) is 0 Å². The van der Waals surface area contributed by atoms with Crippen LogP contribution in [0.25, 0.3) is 28.1 Å². The van der Waals surface area contributed by atoms with Gasteiger partial charge in [-0.1, -0.05) is 6.92 Å². The Morgan fingerprint density at radius 2 is 2.00 bits per heavy atom. The van der Waals surface area contributed by atoms with E-state index in [-0.39, 0.29) is 11.7 Å². The zero-order valence-corrected chi connectivity index (χ0v) is 16.4. The molecule has 0 aliphatic carbocycles. The molecule has 0 aliphatic rings. The Labute approximate surface area is 162 Å². The Morgan fingerprint density at radius 3 is 2.82 bits per heavy atom. The van der Waals surface area contributed by atoms with Gasteiger partial charge in [0.25, 0.3) is 0 Å². The maximum atomic E-state index is 11.4. The molecule has 0 radical (unpaired) electrons. The second kappa shape index (κ2) is 7.16. The van der Waals surface area contributed by atoms with Gasteiger partial charge in [0.1, 0.15) is 9.84 Å². The summed E-state index contributed by atoms with van der Waals surface area (Å²) in [4.78, 5) is 15.9. The van der Waals surface area contributed by atoms with Crippen molar-refractivity contribution in [1.82, 2.24) is 29.7 Å². The fraction of sp³-hybridized carbons (Fsp3) is 0.263. The maximum absolute atomic E-state index is 11.4. The van der Waals surface area contributed by atoms with Gasteiger partial charge in [0.15, 0.2) is 11.5 Å². The topological polar surface area (TPSA) is 106 Å². The minimum atomic E-state index is -2.98. The van der Waals surface area contributed by atoms with Crippen LogP contribution in [0, 0.1) is 0 Å². The van der Waals surface area contributed by atoms with Crippen LogP contribution in [0.3, 0.4) is 0 Å². The van der Waals surface area contributed by atoms with E-state index >= 15 is 0 Å². The SMILES string of the molecule is CC(CCS(C)(=O)=O)c1ccnc(-n2cc(-c3ccnc4nc[nH]c34)cn2)c1. The van der Waals surface area contributed by atoms with Crippen LogP contribution < -0.4 is 0 Å². The highest BCUT2D eigenvalue weighted by Crippen LogP contribution is 2.26. The highest BCUT2D eigenvalue weighted by atomic mass is 32.2. The van der Waals surface area contributed by atoms with Crippen molar-refractivity contribution in [1.29, 1.82) is 0 Å². The molecule has 9 heteroatoms. The van der Waals surface area contributed by atoms with Crippen LogP contribution in [0.2, 0.25) is 0 Å². The van der Waals surface area contributed by atoms with Crippen molar-refractivity contribution in [3.05, 3.63) is 54.9 Å². The molecule has 0 spiro atoms. The van der Waals surface area contributed by atoms with E-state index in [1.54, 1.807) is 29.6 Å². The van der Waals surface area contributed by atoms with Crippen molar-refractivity contribution in [2.45, 2.75) is 19.3 Å². The quantitative estimate of drug-likeness (QED) is 0.537. The third-order valence-corrected chi connectivity index (χ3v) is 5.69. The second-order valence-corrected chi connectivity index (χ2v) is 9.16. The number of nitrogens with zero attached hydrogens (tertiary/aromatic N) is 5. The number of H-pyrrole nitrogens is 1. The zero-order valence-electron chi connectivity index (χ0n) is 15.6. The average Bonchev–Trinajstić information content (AvgIpc) is 3.34. The predicted molar refractivity (Wildman–Crippen MR) is 107 cm³/mol. The summed E-state index contributed by atoms with van der Waals surface area (Å²) in [5.41, 5.74) is 4.44. The lowest BCUT2D eigenvalue weighted by atomic mass is 10.00. The normalized spacial score (nSPS) is 13.1. The lowest BCUT2D eigenvalue weighted by Gasteiger charge is -2.12. The molecule has 0 bridgehead atoms. The van der Waals surface area contributed by atoms with Crippen LogP contribution in [0.4, 0.5) is 0 Å². The number of hydrogen-bond acceptors (Lipinski definition) is 6. The number of aromatic nitrogens is 6. The standard InChI is InChI=1S/C19H20N6O2S/c1-13(5-8-28(2,26)27)14-3-6-20-17(9-14)25-11-15(10-24-25)16-4-7-21-19-18(16)22-12-23-19/h3-4,6-7,9-13H,5,8H2,1-2H3,(H,21,22,23). The lowest BCUT2D eigenvalue weighted by molar-refractivity contribution is 0.594. The van der Waals surface area contributed by atoms with E-state index in [4.69, 9.17) is 0 Å². The highest BCUT2D eigenvalue weighted by molar-refractivity contribution is 7.90. The monoisotopic (exact) mass is 396 g/mol. The van der Waals surface area contributed by atoms with E-state index in [9.17, 15) is 8.42 Å². The molecule has 0 saturated heterocycles. The van der Waals surface area contributed by atoms with Crippen molar-refractivity contribution in [2.24, 2.45) is 0 Å². The highest BCUT2D eigenvalue weighted by Gasteiger charge is 2.13. The Hall–Kier alpha value is -3.07. The molecule has 1 atom stereocenters. The molecule has 4 rings (SSSR count). The van der Waals surface area contributed by atoms with E-state index < -0.39 is 9.84 Å². The summed E-state index contributed by atoms with van der Waals surface area (Å²) in [6, 6.07) is 5.78. The number of pyridine rings is 2. The summed E-state index contributed by atoms with van der Waals surface area (Å²) in [6.07, 6.45) is 10.6. The van der Waals surface area contributed by atoms with Crippen LogP contribution in [0.15, 0.2) is 49.3 Å². The number of aromatic amines is 1. The third kappa shape index (κ3) is 3.79. The van der Waals surface area contributed by atoms with Crippen molar-refractivity contribution >= 4 is 21.0 Å².